The van der Waals surface area contributed by atoms with Gasteiger partial charge in [-0.05, 0) is 42.8 Å². The number of halogens is 1. The second-order valence-electron chi connectivity index (χ2n) is 4.87. The molecule has 0 aliphatic carbocycles. The SMILES string of the molecule is Cc1cc(-c2nc3ccccn3c2CC(=O)O)ccc1F. The van der Waals surface area contributed by atoms with E-state index in [-0.39, 0.29) is 12.2 Å². The summed E-state index contributed by atoms with van der Waals surface area (Å²) >= 11 is 0. The van der Waals surface area contributed by atoms with Gasteiger partial charge < -0.3 is 9.51 Å². The number of rotatable bonds is 3. The van der Waals surface area contributed by atoms with Gasteiger partial charge in [0.1, 0.15) is 11.5 Å². The van der Waals surface area contributed by atoms with Gasteiger partial charge in [0.15, 0.2) is 0 Å². The Morgan fingerprint density at radius 2 is 2.14 bits per heavy atom. The molecule has 5 heteroatoms. The van der Waals surface area contributed by atoms with Crippen LogP contribution in [0.15, 0.2) is 42.6 Å². The zero-order valence-corrected chi connectivity index (χ0v) is 11.4. The first-order chi connectivity index (χ1) is 10.1. The zero-order valence-electron chi connectivity index (χ0n) is 11.4. The molecule has 0 bridgehead atoms. The number of hydrogen-bond donors (Lipinski definition) is 1. The van der Waals surface area contributed by atoms with Gasteiger partial charge in [0.2, 0.25) is 0 Å². The molecule has 0 atom stereocenters. The predicted octanol–water partition coefficient (Wildman–Crippen LogP) is 3.08. The highest BCUT2D eigenvalue weighted by atomic mass is 19.1. The van der Waals surface area contributed by atoms with Gasteiger partial charge in [-0.1, -0.05) is 6.07 Å². The number of aliphatic carboxylic acids is 1. The third-order valence-corrected chi connectivity index (χ3v) is 3.38. The van der Waals surface area contributed by atoms with E-state index in [4.69, 9.17) is 5.11 Å². The van der Waals surface area contributed by atoms with Gasteiger partial charge in [0, 0.05) is 11.8 Å². The predicted molar refractivity (Wildman–Crippen MR) is 76.7 cm³/mol. The van der Waals surface area contributed by atoms with Crippen LogP contribution >= 0.6 is 0 Å². The van der Waals surface area contributed by atoms with Crippen molar-refractivity contribution in [1.82, 2.24) is 9.38 Å². The van der Waals surface area contributed by atoms with Crippen LogP contribution in [0.25, 0.3) is 16.9 Å². The molecule has 0 aliphatic heterocycles. The van der Waals surface area contributed by atoms with Crippen LogP contribution in [0.5, 0.6) is 0 Å². The number of benzene rings is 1. The molecule has 0 spiro atoms. The minimum absolute atomic E-state index is 0.142. The Kier molecular flexibility index (Phi) is 3.17. The van der Waals surface area contributed by atoms with Crippen molar-refractivity contribution in [2.45, 2.75) is 13.3 Å². The number of aromatic nitrogens is 2. The van der Waals surface area contributed by atoms with Gasteiger partial charge in [-0.25, -0.2) is 9.37 Å². The van der Waals surface area contributed by atoms with Crippen molar-refractivity contribution in [3.05, 3.63) is 59.7 Å². The summed E-state index contributed by atoms with van der Waals surface area (Å²) < 4.78 is 15.2. The third-order valence-electron chi connectivity index (χ3n) is 3.38. The number of hydrogen-bond acceptors (Lipinski definition) is 2. The van der Waals surface area contributed by atoms with E-state index < -0.39 is 5.97 Å². The lowest BCUT2D eigenvalue weighted by Crippen LogP contribution is -2.04. The highest BCUT2D eigenvalue weighted by Crippen LogP contribution is 2.26. The molecule has 3 rings (SSSR count). The first kappa shape index (κ1) is 13.3. The van der Waals surface area contributed by atoms with Crippen molar-refractivity contribution in [3.8, 4) is 11.3 Å². The van der Waals surface area contributed by atoms with Gasteiger partial charge >= 0.3 is 5.97 Å². The Morgan fingerprint density at radius 1 is 1.33 bits per heavy atom. The fourth-order valence-corrected chi connectivity index (χ4v) is 2.38. The molecular weight excluding hydrogens is 271 g/mol. The number of carboxylic acids is 1. The molecule has 0 saturated heterocycles. The monoisotopic (exact) mass is 284 g/mol. The number of carboxylic acid groups (broad SMARTS) is 1. The Bertz CT molecular complexity index is 839. The molecule has 1 N–H and O–H groups in total. The van der Waals surface area contributed by atoms with Crippen molar-refractivity contribution in [1.29, 1.82) is 0 Å². The maximum absolute atomic E-state index is 13.4. The molecule has 3 aromatic rings. The van der Waals surface area contributed by atoms with Crippen molar-refractivity contribution in [2.75, 3.05) is 0 Å². The van der Waals surface area contributed by atoms with Crippen molar-refractivity contribution < 1.29 is 14.3 Å². The molecule has 0 amide bonds. The molecule has 0 radical (unpaired) electrons. The van der Waals surface area contributed by atoms with Crippen molar-refractivity contribution in [3.63, 3.8) is 0 Å². The molecule has 0 unspecified atom stereocenters. The second kappa shape index (κ2) is 5.01. The van der Waals surface area contributed by atoms with E-state index in [1.807, 2.05) is 18.2 Å². The Labute approximate surface area is 120 Å². The van der Waals surface area contributed by atoms with Crippen LogP contribution in [0.1, 0.15) is 11.3 Å². The van der Waals surface area contributed by atoms with E-state index in [2.05, 4.69) is 4.98 Å². The topological polar surface area (TPSA) is 54.6 Å². The summed E-state index contributed by atoms with van der Waals surface area (Å²) in [6, 6.07) is 10.1. The Hall–Kier alpha value is -2.69. The lowest BCUT2D eigenvalue weighted by molar-refractivity contribution is -0.136. The molecule has 4 nitrogen and oxygen atoms in total. The fraction of sp³-hybridized carbons (Fsp3) is 0.125. The summed E-state index contributed by atoms with van der Waals surface area (Å²) in [6.07, 6.45) is 1.64. The number of fused-ring (bicyclic) bond motifs is 1. The average Bonchev–Trinajstić information content (AvgIpc) is 2.80. The first-order valence-electron chi connectivity index (χ1n) is 6.50. The summed E-state index contributed by atoms with van der Waals surface area (Å²) in [5, 5.41) is 9.11. The van der Waals surface area contributed by atoms with E-state index in [9.17, 15) is 9.18 Å². The summed E-state index contributed by atoms with van der Waals surface area (Å²) in [4.78, 5) is 15.6. The van der Waals surface area contributed by atoms with Crippen LogP contribution in [0.4, 0.5) is 4.39 Å². The van der Waals surface area contributed by atoms with Crippen LogP contribution in [0.2, 0.25) is 0 Å². The molecule has 2 aromatic heterocycles. The second-order valence-corrected chi connectivity index (χ2v) is 4.87. The average molecular weight is 284 g/mol. The Balaban J connectivity index is 2.25. The minimum Gasteiger partial charge on any atom is -0.481 e. The molecule has 1 aromatic carbocycles. The largest absolute Gasteiger partial charge is 0.481 e. The standard InChI is InChI=1S/C16H13FN2O2/c1-10-8-11(5-6-12(10)17)16-13(9-15(20)21)19-7-3-2-4-14(19)18-16/h2-8H,9H2,1H3,(H,20,21). The number of pyridine rings is 1. The number of aryl methyl sites for hydroxylation is 1. The minimum atomic E-state index is -0.930. The Morgan fingerprint density at radius 3 is 2.86 bits per heavy atom. The van der Waals surface area contributed by atoms with Gasteiger partial charge in [0.05, 0.1) is 17.8 Å². The summed E-state index contributed by atoms with van der Waals surface area (Å²) in [7, 11) is 0. The van der Waals surface area contributed by atoms with Crippen molar-refractivity contribution >= 4 is 11.6 Å². The fourth-order valence-electron chi connectivity index (χ4n) is 2.38. The highest BCUT2D eigenvalue weighted by Gasteiger charge is 2.16. The maximum Gasteiger partial charge on any atom is 0.309 e. The van der Waals surface area contributed by atoms with E-state index in [1.54, 1.807) is 29.7 Å². The number of nitrogens with zero attached hydrogens (tertiary/aromatic N) is 2. The van der Waals surface area contributed by atoms with Crippen LogP contribution in [-0.2, 0) is 11.2 Å². The molecule has 0 fully saturated rings. The quantitative estimate of drug-likeness (QED) is 0.804. The smallest absolute Gasteiger partial charge is 0.309 e. The van der Waals surface area contributed by atoms with Gasteiger partial charge in [-0.15, -0.1) is 0 Å². The normalized spacial score (nSPS) is 11.0. The van der Waals surface area contributed by atoms with Crippen LogP contribution < -0.4 is 0 Å². The van der Waals surface area contributed by atoms with Gasteiger partial charge in [-0.2, -0.15) is 0 Å². The van der Waals surface area contributed by atoms with Gasteiger partial charge in [-0.3, -0.25) is 4.79 Å². The van der Waals surface area contributed by atoms with Crippen LogP contribution in [-0.4, -0.2) is 20.5 Å². The lowest BCUT2D eigenvalue weighted by Gasteiger charge is -2.04. The first-order valence-corrected chi connectivity index (χ1v) is 6.50. The van der Waals surface area contributed by atoms with E-state index in [1.165, 1.54) is 6.07 Å². The summed E-state index contributed by atoms with van der Waals surface area (Å²) in [5.74, 6) is -1.22. The van der Waals surface area contributed by atoms with Crippen molar-refractivity contribution in [2.24, 2.45) is 0 Å². The van der Waals surface area contributed by atoms with Crippen LogP contribution in [0, 0.1) is 12.7 Å². The number of carbonyl (C=O) groups is 1. The maximum atomic E-state index is 13.4. The molecule has 0 aliphatic rings. The van der Waals surface area contributed by atoms with Gasteiger partial charge in [0.25, 0.3) is 0 Å². The van der Waals surface area contributed by atoms with E-state index >= 15 is 0 Å². The summed E-state index contributed by atoms with van der Waals surface area (Å²) in [5.41, 5.74) is 3.06. The molecule has 2 heterocycles. The highest BCUT2D eigenvalue weighted by molar-refractivity contribution is 5.76. The molecule has 21 heavy (non-hydrogen) atoms. The van der Waals surface area contributed by atoms with Crippen LogP contribution in [0.3, 0.4) is 0 Å². The number of imidazole rings is 1. The molecular formula is C16H13FN2O2. The van der Waals surface area contributed by atoms with E-state index in [0.717, 1.165) is 0 Å². The molecule has 0 saturated carbocycles. The van der Waals surface area contributed by atoms with E-state index in [0.29, 0.717) is 28.2 Å². The molecule has 106 valence electrons. The lowest BCUT2D eigenvalue weighted by atomic mass is 10.1. The zero-order chi connectivity index (χ0) is 15.0. The summed E-state index contributed by atoms with van der Waals surface area (Å²) in [6.45, 7) is 1.67. The third kappa shape index (κ3) is 2.38.